The van der Waals surface area contributed by atoms with Crippen LogP contribution in [0.3, 0.4) is 0 Å². The summed E-state index contributed by atoms with van der Waals surface area (Å²) in [5, 5.41) is 0. The van der Waals surface area contributed by atoms with Crippen molar-refractivity contribution in [3.8, 4) is 0 Å². The Labute approximate surface area is 222 Å². The van der Waals surface area contributed by atoms with Gasteiger partial charge in [0.2, 0.25) is 0 Å². The van der Waals surface area contributed by atoms with Gasteiger partial charge >= 0.3 is 0 Å². The first kappa shape index (κ1) is 27.2. The van der Waals surface area contributed by atoms with Gasteiger partial charge in [-0.25, -0.2) is 9.37 Å². The molecule has 2 aromatic heterocycles. The molecule has 1 unspecified atom stereocenters. The van der Waals surface area contributed by atoms with Crippen molar-refractivity contribution < 1.29 is 9.18 Å². The van der Waals surface area contributed by atoms with Gasteiger partial charge in [-0.1, -0.05) is 48.9 Å². The minimum atomic E-state index is -0.399. The molecule has 7 heteroatoms. The predicted molar refractivity (Wildman–Crippen MR) is 149 cm³/mol. The third-order valence-electron chi connectivity index (χ3n) is 6.79. The Balaban J connectivity index is 1.63. The van der Waals surface area contributed by atoms with Crippen LogP contribution in [0.15, 0.2) is 71.7 Å². The first-order valence-corrected chi connectivity index (χ1v) is 13.1. The minimum absolute atomic E-state index is 0.00124. The van der Waals surface area contributed by atoms with Crippen molar-refractivity contribution in [3.63, 3.8) is 0 Å². The van der Waals surface area contributed by atoms with Crippen molar-refractivity contribution >= 4 is 11.6 Å². The van der Waals surface area contributed by atoms with Crippen molar-refractivity contribution in [1.29, 1.82) is 0 Å². The molecule has 0 spiro atoms. The zero-order valence-corrected chi connectivity index (χ0v) is 22.3. The lowest BCUT2D eigenvalue weighted by molar-refractivity contribution is 0.0730. The van der Waals surface area contributed by atoms with Crippen LogP contribution in [0.5, 0.6) is 0 Å². The summed E-state index contributed by atoms with van der Waals surface area (Å²) in [6, 6.07) is 18.2. The largest absolute Gasteiger partial charge is 0.338 e. The number of aryl methyl sites for hydroxylation is 2. The Morgan fingerprint density at radius 3 is 2.66 bits per heavy atom. The van der Waals surface area contributed by atoms with Crippen LogP contribution in [0.4, 0.5) is 4.39 Å². The fourth-order valence-corrected chi connectivity index (χ4v) is 4.78. The Bertz CT molecular complexity index is 1500. The zero-order valence-electron chi connectivity index (χ0n) is 22.3. The Hall–Kier alpha value is -3.84. The van der Waals surface area contributed by atoms with Crippen LogP contribution in [-0.2, 0) is 12.8 Å². The SMILES string of the molecule is Cc1cccc(Cc2c(CC(C)CN(CCCN)C(=O)c3ccc(C)c(F)c3)nc3ccccn3c2=O)c1. The first-order valence-electron chi connectivity index (χ1n) is 13.1. The number of fused-ring (bicyclic) bond motifs is 1. The van der Waals surface area contributed by atoms with Crippen molar-refractivity contribution in [2.24, 2.45) is 11.7 Å². The molecule has 6 nitrogen and oxygen atoms in total. The molecule has 0 saturated carbocycles. The number of amides is 1. The van der Waals surface area contributed by atoms with E-state index in [1.807, 2.05) is 50.2 Å². The molecule has 198 valence electrons. The van der Waals surface area contributed by atoms with Gasteiger partial charge in [0.15, 0.2) is 0 Å². The number of hydrogen-bond acceptors (Lipinski definition) is 4. The van der Waals surface area contributed by atoms with Crippen molar-refractivity contribution in [1.82, 2.24) is 14.3 Å². The molecule has 0 aliphatic heterocycles. The summed E-state index contributed by atoms with van der Waals surface area (Å²) < 4.78 is 15.8. The highest BCUT2D eigenvalue weighted by molar-refractivity contribution is 5.94. The molecule has 4 aromatic rings. The van der Waals surface area contributed by atoms with Crippen LogP contribution in [0.25, 0.3) is 5.65 Å². The molecule has 2 N–H and O–H groups in total. The molecule has 4 rings (SSSR count). The third-order valence-corrected chi connectivity index (χ3v) is 6.79. The van der Waals surface area contributed by atoms with Gasteiger partial charge in [-0.2, -0.15) is 0 Å². The predicted octanol–water partition coefficient (Wildman–Crippen LogP) is 4.71. The van der Waals surface area contributed by atoms with E-state index in [4.69, 9.17) is 10.7 Å². The average Bonchev–Trinajstić information content (AvgIpc) is 2.90. The number of nitrogens with two attached hydrogens (primary N) is 1. The monoisotopic (exact) mass is 514 g/mol. The fourth-order valence-electron chi connectivity index (χ4n) is 4.78. The van der Waals surface area contributed by atoms with Gasteiger partial charge in [0.05, 0.1) is 5.69 Å². The molecule has 1 atom stereocenters. The quantitative estimate of drug-likeness (QED) is 0.332. The Kier molecular flexibility index (Phi) is 8.69. The van der Waals surface area contributed by atoms with E-state index in [-0.39, 0.29) is 17.4 Å². The van der Waals surface area contributed by atoms with Gasteiger partial charge < -0.3 is 10.6 Å². The van der Waals surface area contributed by atoms with Gasteiger partial charge in [-0.3, -0.25) is 14.0 Å². The second kappa shape index (κ2) is 12.1. The summed E-state index contributed by atoms with van der Waals surface area (Å²) in [5.74, 6) is -0.624. The van der Waals surface area contributed by atoms with Crippen LogP contribution in [0, 0.1) is 25.6 Å². The summed E-state index contributed by atoms with van der Waals surface area (Å²) >= 11 is 0. The lowest BCUT2D eigenvalue weighted by Crippen LogP contribution is -2.37. The zero-order chi connectivity index (χ0) is 27.2. The lowest BCUT2D eigenvalue weighted by atomic mass is 9.96. The molecule has 2 heterocycles. The second-order valence-corrected chi connectivity index (χ2v) is 10.1. The number of carbonyl (C=O) groups excluding carboxylic acids is 1. The smallest absolute Gasteiger partial charge is 0.261 e. The van der Waals surface area contributed by atoms with Gasteiger partial charge in [0, 0.05) is 36.8 Å². The molecule has 0 saturated heterocycles. The van der Waals surface area contributed by atoms with Gasteiger partial charge in [0.25, 0.3) is 11.5 Å². The number of nitrogens with zero attached hydrogens (tertiary/aromatic N) is 3. The van der Waals surface area contributed by atoms with E-state index in [0.29, 0.717) is 61.2 Å². The van der Waals surface area contributed by atoms with E-state index >= 15 is 0 Å². The molecule has 38 heavy (non-hydrogen) atoms. The Morgan fingerprint density at radius 2 is 1.92 bits per heavy atom. The summed E-state index contributed by atoms with van der Waals surface area (Å²) in [7, 11) is 0. The topological polar surface area (TPSA) is 80.7 Å². The van der Waals surface area contributed by atoms with Crippen LogP contribution in [0.1, 0.15) is 51.7 Å². The fraction of sp³-hybridized carbons (Fsp3) is 0.323. The maximum Gasteiger partial charge on any atom is 0.261 e. The van der Waals surface area contributed by atoms with Crippen LogP contribution in [-0.4, -0.2) is 39.8 Å². The number of aromatic nitrogens is 2. The number of halogens is 1. The van der Waals surface area contributed by atoms with Gasteiger partial charge in [-0.05, 0) is 74.5 Å². The number of carbonyl (C=O) groups is 1. The van der Waals surface area contributed by atoms with Crippen LogP contribution in [0.2, 0.25) is 0 Å². The van der Waals surface area contributed by atoms with Crippen molar-refractivity contribution in [3.05, 3.63) is 117 Å². The van der Waals surface area contributed by atoms with E-state index in [1.165, 1.54) is 6.07 Å². The second-order valence-electron chi connectivity index (χ2n) is 10.1. The first-order chi connectivity index (χ1) is 18.3. The third kappa shape index (κ3) is 6.34. The highest BCUT2D eigenvalue weighted by Gasteiger charge is 2.22. The van der Waals surface area contributed by atoms with Gasteiger partial charge in [0.1, 0.15) is 11.5 Å². The number of rotatable bonds is 10. The summed E-state index contributed by atoms with van der Waals surface area (Å²) in [6.45, 7) is 7.11. The molecule has 0 aliphatic rings. The molecular weight excluding hydrogens is 479 g/mol. The minimum Gasteiger partial charge on any atom is -0.338 e. The van der Waals surface area contributed by atoms with E-state index in [9.17, 15) is 14.0 Å². The molecule has 0 radical (unpaired) electrons. The van der Waals surface area contributed by atoms with Crippen LogP contribution >= 0.6 is 0 Å². The van der Waals surface area contributed by atoms with E-state index in [1.54, 1.807) is 34.6 Å². The maximum absolute atomic E-state index is 14.2. The van der Waals surface area contributed by atoms with Crippen molar-refractivity contribution in [2.45, 2.75) is 40.0 Å². The Morgan fingerprint density at radius 1 is 1.11 bits per heavy atom. The van der Waals surface area contributed by atoms with E-state index < -0.39 is 5.82 Å². The number of hydrogen-bond donors (Lipinski definition) is 1. The van der Waals surface area contributed by atoms with E-state index in [0.717, 1.165) is 16.8 Å². The molecule has 0 bridgehead atoms. The molecule has 0 aliphatic carbocycles. The summed E-state index contributed by atoms with van der Waals surface area (Å²) in [6.07, 6.45) is 3.38. The molecule has 0 fully saturated rings. The normalized spacial score (nSPS) is 12.0. The standard InChI is InChI=1S/C31H35FN4O2/c1-21-8-6-9-24(16-21)18-26-28(34-29-10-4-5-15-36(29)31(26)38)17-22(2)20-35(14-7-13-33)30(37)25-12-11-23(3)27(32)19-25/h4-6,8-12,15-16,19,22H,7,13-14,17-18,20,33H2,1-3H3. The molecule has 1 amide bonds. The summed E-state index contributed by atoms with van der Waals surface area (Å²) in [4.78, 5) is 33.5. The average molecular weight is 515 g/mol. The lowest BCUT2D eigenvalue weighted by Gasteiger charge is -2.26. The molecular formula is C31H35FN4O2. The van der Waals surface area contributed by atoms with Crippen molar-refractivity contribution in [2.75, 3.05) is 19.6 Å². The van der Waals surface area contributed by atoms with E-state index in [2.05, 4.69) is 6.07 Å². The van der Waals surface area contributed by atoms with Gasteiger partial charge in [-0.15, -0.1) is 0 Å². The number of benzene rings is 2. The highest BCUT2D eigenvalue weighted by Crippen LogP contribution is 2.18. The molecule has 2 aromatic carbocycles. The number of pyridine rings is 1. The maximum atomic E-state index is 14.2. The highest BCUT2D eigenvalue weighted by atomic mass is 19.1. The summed E-state index contributed by atoms with van der Waals surface area (Å²) in [5.41, 5.74) is 10.7. The van der Waals surface area contributed by atoms with Crippen LogP contribution < -0.4 is 11.3 Å².